The van der Waals surface area contributed by atoms with Crippen molar-refractivity contribution in [3.8, 4) is 0 Å². The number of oxime groups is 1. The van der Waals surface area contributed by atoms with Gasteiger partial charge in [-0.1, -0.05) is 64.2 Å². The Morgan fingerprint density at radius 2 is 1.70 bits per heavy atom. The highest BCUT2D eigenvalue weighted by atomic mass is 35.5. The van der Waals surface area contributed by atoms with Crippen LogP contribution in [-0.4, -0.2) is 11.1 Å². The minimum atomic E-state index is -0.405. The van der Waals surface area contributed by atoms with Crippen LogP contribution in [0, 0.1) is 10.1 Å². The standard InChI is InChI=1S/C21H15Cl3N2O3S/c22-17-5-1-14(2-6-17)13-30-21-8-4-15(10-20(21)26(27)28)11-25-29-12-16-3-7-18(23)19(24)9-16/h1-11H,12-13H2/b25-11-. The van der Waals surface area contributed by atoms with E-state index in [4.69, 9.17) is 39.6 Å². The van der Waals surface area contributed by atoms with Crippen LogP contribution in [0.15, 0.2) is 70.7 Å². The highest BCUT2D eigenvalue weighted by molar-refractivity contribution is 7.98. The highest BCUT2D eigenvalue weighted by Crippen LogP contribution is 2.32. The zero-order chi connectivity index (χ0) is 21.5. The first-order valence-electron chi connectivity index (χ1n) is 8.67. The lowest BCUT2D eigenvalue weighted by Crippen LogP contribution is -1.94. The molecule has 0 aliphatic heterocycles. The van der Waals surface area contributed by atoms with Crippen LogP contribution in [0.25, 0.3) is 0 Å². The van der Waals surface area contributed by atoms with Gasteiger partial charge in [-0.05, 0) is 41.5 Å². The fourth-order valence-corrected chi connectivity index (χ4v) is 3.87. The second-order valence-electron chi connectivity index (χ2n) is 6.16. The number of thioether (sulfide) groups is 1. The van der Waals surface area contributed by atoms with E-state index in [1.54, 1.807) is 42.5 Å². The molecule has 0 heterocycles. The molecule has 0 N–H and O–H groups in total. The fourth-order valence-electron chi connectivity index (χ4n) is 2.46. The van der Waals surface area contributed by atoms with Gasteiger partial charge in [0.1, 0.15) is 6.61 Å². The van der Waals surface area contributed by atoms with Crippen LogP contribution in [0.3, 0.4) is 0 Å². The van der Waals surface area contributed by atoms with E-state index >= 15 is 0 Å². The fraction of sp³-hybridized carbons (Fsp3) is 0.0952. The van der Waals surface area contributed by atoms with E-state index in [9.17, 15) is 10.1 Å². The van der Waals surface area contributed by atoms with E-state index in [-0.39, 0.29) is 12.3 Å². The summed E-state index contributed by atoms with van der Waals surface area (Å²) in [5.41, 5.74) is 2.41. The van der Waals surface area contributed by atoms with Gasteiger partial charge in [-0.3, -0.25) is 10.1 Å². The molecule has 0 amide bonds. The first-order chi connectivity index (χ1) is 14.4. The molecule has 3 rings (SSSR count). The van der Waals surface area contributed by atoms with Crippen molar-refractivity contribution in [2.24, 2.45) is 5.16 Å². The molecule has 0 saturated heterocycles. The van der Waals surface area contributed by atoms with E-state index in [2.05, 4.69) is 5.16 Å². The van der Waals surface area contributed by atoms with E-state index < -0.39 is 4.92 Å². The third-order valence-electron chi connectivity index (χ3n) is 3.98. The Morgan fingerprint density at radius 1 is 0.967 bits per heavy atom. The minimum Gasteiger partial charge on any atom is -0.391 e. The summed E-state index contributed by atoms with van der Waals surface area (Å²) in [6, 6.07) is 17.5. The van der Waals surface area contributed by atoms with Crippen molar-refractivity contribution in [1.29, 1.82) is 0 Å². The molecule has 0 fully saturated rings. The zero-order valence-corrected chi connectivity index (χ0v) is 18.5. The molecule has 5 nitrogen and oxygen atoms in total. The molecule has 0 aliphatic rings. The third kappa shape index (κ3) is 6.37. The van der Waals surface area contributed by atoms with E-state index in [1.807, 2.05) is 12.1 Å². The maximum Gasteiger partial charge on any atom is 0.283 e. The van der Waals surface area contributed by atoms with Crippen molar-refractivity contribution in [2.75, 3.05) is 0 Å². The maximum atomic E-state index is 11.5. The summed E-state index contributed by atoms with van der Waals surface area (Å²) in [5.74, 6) is 0.595. The van der Waals surface area contributed by atoms with Crippen LogP contribution < -0.4 is 0 Å². The number of nitro benzene ring substituents is 1. The van der Waals surface area contributed by atoms with Crippen LogP contribution >= 0.6 is 46.6 Å². The number of rotatable bonds is 8. The summed E-state index contributed by atoms with van der Waals surface area (Å²) < 4.78 is 0. The van der Waals surface area contributed by atoms with E-state index in [0.29, 0.717) is 31.3 Å². The Balaban J connectivity index is 1.63. The van der Waals surface area contributed by atoms with Crippen molar-refractivity contribution in [2.45, 2.75) is 17.3 Å². The average molecular weight is 482 g/mol. The molecule has 0 aliphatic carbocycles. The molecule has 0 radical (unpaired) electrons. The first-order valence-corrected chi connectivity index (χ1v) is 10.8. The van der Waals surface area contributed by atoms with Crippen molar-refractivity contribution in [3.63, 3.8) is 0 Å². The van der Waals surface area contributed by atoms with Gasteiger partial charge in [0.2, 0.25) is 0 Å². The van der Waals surface area contributed by atoms with Crippen LogP contribution in [0.2, 0.25) is 15.1 Å². The van der Waals surface area contributed by atoms with Gasteiger partial charge in [0.15, 0.2) is 0 Å². The molecule has 154 valence electrons. The van der Waals surface area contributed by atoms with Gasteiger partial charge < -0.3 is 4.84 Å². The normalized spacial score (nSPS) is 11.0. The number of nitro groups is 1. The van der Waals surface area contributed by atoms with Crippen molar-refractivity contribution >= 4 is 58.5 Å². The van der Waals surface area contributed by atoms with Crippen molar-refractivity contribution in [3.05, 3.63) is 103 Å². The van der Waals surface area contributed by atoms with Crippen LogP contribution in [0.5, 0.6) is 0 Å². The summed E-state index contributed by atoms with van der Waals surface area (Å²) in [6.45, 7) is 0.199. The average Bonchev–Trinajstić information content (AvgIpc) is 2.73. The summed E-state index contributed by atoms with van der Waals surface area (Å²) in [4.78, 5) is 16.9. The van der Waals surface area contributed by atoms with Crippen LogP contribution in [0.4, 0.5) is 5.69 Å². The van der Waals surface area contributed by atoms with Gasteiger partial charge in [0, 0.05) is 22.4 Å². The van der Waals surface area contributed by atoms with Gasteiger partial charge >= 0.3 is 0 Å². The summed E-state index contributed by atoms with van der Waals surface area (Å²) >= 11 is 19.1. The van der Waals surface area contributed by atoms with Gasteiger partial charge in [-0.25, -0.2) is 0 Å². The first kappa shape index (κ1) is 22.4. The molecule has 0 unspecified atom stereocenters. The number of hydrogen-bond acceptors (Lipinski definition) is 5. The van der Waals surface area contributed by atoms with E-state index in [1.165, 1.54) is 24.0 Å². The van der Waals surface area contributed by atoms with Crippen molar-refractivity contribution < 1.29 is 9.76 Å². The second kappa shape index (κ2) is 10.7. The zero-order valence-electron chi connectivity index (χ0n) is 15.4. The summed E-state index contributed by atoms with van der Waals surface area (Å²) in [6.07, 6.45) is 1.43. The third-order valence-corrected chi connectivity index (χ3v) is 6.10. The Kier molecular flexibility index (Phi) is 7.99. The Labute approximate surface area is 192 Å². The predicted octanol–water partition coefficient (Wildman–Crippen LogP) is 7.40. The van der Waals surface area contributed by atoms with Crippen molar-refractivity contribution in [1.82, 2.24) is 0 Å². The second-order valence-corrected chi connectivity index (χ2v) is 8.42. The molecule has 30 heavy (non-hydrogen) atoms. The topological polar surface area (TPSA) is 64.7 Å². The molecular weight excluding hydrogens is 467 g/mol. The quantitative estimate of drug-likeness (QED) is 0.145. The maximum absolute atomic E-state index is 11.5. The SMILES string of the molecule is O=[N+]([O-])c1cc(/C=N\OCc2ccc(Cl)c(Cl)c2)ccc1SCc1ccc(Cl)cc1. The Hall–Kier alpha value is -2.25. The molecule has 3 aromatic rings. The van der Waals surface area contributed by atoms with Crippen LogP contribution in [0.1, 0.15) is 16.7 Å². The largest absolute Gasteiger partial charge is 0.391 e. The molecule has 0 bridgehead atoms. The molecule has 0 atom stereocenters. The number of nitrogens with zero attached hydrogens (tertiary/aromatic N) is 2. The monoisotopic (exact) mass is 480 g/mol. The molecular formula is C21H15Cl3N2O3S. The lowest BCUT2D eigenvalue weighted by molar-refractivity contribution is -0.387. The van der Waals surface area contributed by atoms with Gasteiger partial charge in [-0.2, -0.15) is 0 Å². The van der Waals surface area contributed by atoms with Gasteiger partial charge in [0.05, 0.1) is 26.1 Å². The minimum absolute atomic E-state index is 0.0161. The van der Waals surface area contributed by atoms with E-state index in [0.717, 1.165) is 11.1 Å². The van der Waals surface area contributed by atoms with Crippen LogP contribution in [-0.2, 0) is 17.2 Å². The Morgan fingerprint density at radius 3 is 2.40 bits per heavy atom. The van der Waals surface area contributed by atoms with Gasteiger partial charge in [-0.15, -0.1) is 11.8 Å². The number of halogens is 3. The highest BCUT2D eigenvalue weighted by Gasteiger charge is 2.15. The molecule has 0 spiro atoms. The Bertz CT molecular complexity index is 1080. The van der Waals surface area contributed by atoms with Gasteiger partial charge in [0.25, 0.3) is 5.69 Å². The molecule has 3 aromatic carbocycles. The number of benzene rings is 3. The molecule has 9 heteroatoms. The smallest absolute Gasteiger partial charge is 0.283 e. The lowest BCUT2D eigenvalue weighted by Gasteiger charge is -2.05. The summed E-state index contributed by atoms with van der Waals surface area (Å²) in [5, 5.41) is 16.9. The predicted molar refractivity (Wildman–Crippen MR) is 123 cm³/mol. The summed E-state index contributed by atoms with van der Waals surface area (Å²) in [7, 11) is 0. The molecule has 0 saturated carbocycles. The molecule has 0 aromatic heterocycles. The lowest BCUT2D eigenvalue weighted by atomic mass is 10.2. The number of hydrogen-bond donors (Lipinski definition) is 0.